The SMILES string of the molecule is Cc1ccc(Oc2ccc(NC(=O)[C@H]3CC4CCC3N4C(=O)c3cc4cccnc4[nH]c3=O)cc2)cc1. The molecule has 2 unspecified atom stereocenters. The number of anilines is 1. The van der Waals surface area contributed by atoms with Crippen LogP contribution in [-0.4, -0.2) is 38.8 Å². The van der Waals surface area contributed by atoms with E-state index >= 15 is 0 Å². The molecule has 4 heterocycles. The first-order chi connectivity index (χ1) is 18.0. The molecule has 37 heavy (non-hydrogen) atoms. The first-order valence-corrected chi connectivity index (χ1v) is 12.4. The maximum atomic E-state index is 13.4. The number of carbonyl (C=O) groups excluding carboxylic acids is 2. The van der Waals surface area contributed by atoms with Crippen molar-refractivity contribution in [3.63, 3.8) is 0 Å². The molecule has 2 saturated heterocycles. The van der Waals surface area contributed by atoms with E-state index in [1.165, 1.54) is 0 Å². The fourth-order valence-corrected chi connectivity index (χ4v) is 5.50. The number of H-pyrrole nitrogens is 1. The molecular formula is C29H26N4O4. The largest absolute Gasteiger partial charge is 0.457 e. The molecule has 0 aliphatic carbocycles. The van der Waals surface area contributed by atoms with Crippen LogP contribution in [0.3, 0.4) is 0 Å². The summed E-state index contributed by atoms with van der Waals surface area (Å²) in [6.07, 6.45) is 3.75. The number of aryl methyl sites for hydroxylation is 1. The molecule has 2 N–H and O–H groups in total. The van der Waals surface area contributed by atoms with Gasteiger partial charge in [0.05, 0.1) is 5.92 Å². The van der Waals surface area contributed by atoms with E-state index in [0.29, 0.717) is 28.9 Å². The second-order valence-electron chi connectivity index (χ2n) is 9.74. The first-order valence-electron chi connectivity index (χ1n) is 12.4. The molecule has 2 aliphatic rings. The molecule has 8 heteroatoms. The standard InChI is InChI=1S/C29H26N4O4/c1-17-4-9-21(10-5-17)37-22-11-6-19(7-12-22)31-27(34)23-16-20-8-13-25(23)33(20)29(36)24-15-18-3-2-14-30-26(18)32-28(24)35/h2-7,9-12,14-15,20,23,25H,8,13,16H2,1H3,(H,31,34)(H,30,32,35)/t20?,23-,25?/m0/s1. The minimum Gasteiger partial charge on any atom is -0.457 e. The van der Waals surface area contributed by atoms with Gasteiger partial charge in [-0.2, -0.15) is 0 Å². The lowest BCUT2D eigenvalue weighted by atomic mass is 9.88. The van der Waals surface area contributed by atoms with Gasteiger partial charge in [-0.1, -0.05) is 17.7 Å². The molecule has 0 radical (unpaired) electrons. The lowest BCUT2D eigenvalue weighted by Crippen LogP contribution is -2.41. The van der Waals surface area contributed by atoms with Crippen molar-refractivity contribution in [3.05, 3.63) is 94.4 Å². The van der Waals surface area contributed by atoms with Crippen molar-refractivity contribution in [2.45, 2.75) is 38.3 Å². The molecule has 0 spiro atoms. The Kier molecular flexibility index (Phi) is 5.71. The molecular weight excluding hydrogens is 468 g/mol. The van der Waals surface area contributed by atoms with Gasteiger partial charge in [0.25, 0.3) is 11.5 Å². The van der Waals surface area contributed by atoms with Crippen LogP contribution in [0.2, 0.25) is 0 Å². The summed E-state index contributed by atoms with van der Waals surface area (Å²) in [7, 11) is 0. The average molecular weight is 495 g/mol. The highest BCUT2D eigenvalue weighted by Crippen LogP contribution is 2.43. The molecule has 4 aromatic rings. The van der Waals surface area contributed by atoms with E-state index in [0.717, 1.165) is 24.2 Å². The van der Waals surface area contributed by atoms with E-state index in [9.17, 15) is 14.4 Å². The lowest BCUT2D eigenvalue weighted by Gasteiger charge is -2.24. The highest BCUT2D eigenvalue weighted by atomic mass is 16.5. The lowest BCUT2D eigenvalue weighted by molar-refractivity contribution is -0.120. The number of hydrogen-bond donors (Lipinski definition) is 2. The number of amides is 2. The summed E-state index contributed by atoms with van der Waals surface area (Å²) in [5, 5.41) is 3.69. The number of pyridine rings is 2. The number of nitrogens with zero attached hydrogens (tertiary/aromatic N) is 2. The Bertz CT molecular complexity index is 1550. The summed E-state index contributed by atoms with van der Waals surface area (Å²) >= 11 is 0. The van der Waals surface area contributed by atoms with E-state index < -0.39 is 5.56 Å². The van der Waals surface area contributed by atoms with Crippen LogP contribution in [0.1, 0.15) is 35.2 Å². The molecule has 0 saturated carbocycles. The van der Waals surface area contributed by atoms with Crippen molar-refractivity contribution < 1.29 is 14.3 Å². The summed E-state index contributed by atoms with van der Waals surface area (Å²) in [6, 6.07) is 19.9. The molecule has 2 aromatic carbocycles. The van der Waals surface area contributed by atoms with Gasteiger partial charge in [0, 0.05) is 29.4 Å². The number of hydrogen-bond acceptors (Lipinski definition) is 5. The maximum Gasteiger partial charge on any atom is 0.262 e. The van der Waals surface area contributed by atoms with Gasteiger partial charge in [0.2, 0.25) is 5.91 Å². The number of aromatic nitrogens is 2. The highest BCUT2D eigenvalue weighted by molar-refractivity contribution is 5.99. The molecule has 2 fully saturated rings. The van der Waals surface area contributed by atoms with Crippen LogP contribution in [0.25, 0.3) is 11.0 Å². The third kappa shape index (κ3) is 4.35. The second kappa shape index (κ2) is 9.20. The summed E-state index contributed by atoms with van der Waals surface area (Å²) in [6.45, 7) is 2.02. The van der Waals surface area contributed by atoms with E-state index in [1.54, 1.807) is 41.4 Å². The van der Waals surface area contributed by atoms with Gasteiger partial charge in [-0.05, 0) is 80.8 Å². The van der Waals surface area contributed by atoms with Crippen LogP contribution in [0, 0.1) is 12.8 Å². The topological polar surface area (TPSA) is 104 Å². The number of nitrogens with one attached hydrogen (secondary N) is 2. The fraction of sp³-hybridized carbons (Fsp3) is 0.241. The predicted octanol–water partition coefficient (Wildman–Crippen LogP) is 4.66. The van der Waals surface area contributed by atoms with Gasteiger partial charge < -0.3 is 19.9 Å². The van der Waals surface area contributed by atoms with Crippen LogP contribution in [0.15, 0.2) is 77.7 Å². The van der Waals surface area contributed by atoms with Crippen molar-refractivity contribution in [2.75, 3.05) is 5.32 Å². The van der Waals surface area contributed by atoms with Crippen LogP contribution >= 0.6 is 0 Å². The molecule has 3 atom stereocenters. The van der Waals surface area contributed by atoms with E-state index in [2.05, 4.69) is 15.3 Å². The molecule has 2 amide bonds. The molecule has 6 rings (SSSR count). The van der Waals surface area contributed by atoms with Crippen molar-refractivity contribution in [2.24, 2.45) is 5.92 Å². The van der Waals surface area contributed by atoms with Crippen LogP contribution in [0.5, 0.6) is 11.5 Å². The second-order valence-corrected chi connectivity index (χ2v) is 9.74. The summed E-state index contributed by atoms with van der Waals surface area (Å²) < 4.78 is 5.86. The Morgan fingerprint density at radius 1 is 1.03 bits per heavy atom. The van der Waals surface area contributed by atoms with Gasteiger partial charge >= 0.3 is 0 Å². The molecule has 2 aliphatic heterocycles. The van der Waals surface area contributed by atoms with Gasteiger partial charge in [-0.25, -0.2) is 4.98 Å². The Morgan fingerprint density at radius 2 is 1.76 bits per heavy atom. The van der Waals surface area contributed by atoms with Crippen LogP contribution in [-0.2, 0) is 4.79 Å². The third-order valence-corrected chi connectivity index (χ3v) is 7.33. The van der Waals surface area contributed by atoms with Crippen molar-refractivity contribution in [1.82, 2.24) is 14.9 Å². The van der Waals surface area contributed by atoms with Gasteiger partial charge in [-0.3, -0.25) is 14.4 Å². The Hall–Kier alpha value is -4.46. The molecule has 186 valence electrons. The first kappa shape index (κ1) is 23.0. The van der Waals surface area contributed by atoms with E-state index in [-0.39, 0.29) is 35.4 Å². The third-order valence-electron chi connectivity index (χ3n) is 7.33. The maximum absolute atomic E-state index is 13.4. The smallest absolute Gasteiger partial charge is 0.262 e. The van der Waals surface area contributed by atoms with Gasteiger partial charge in [-0.15, -0.1) is 0 Å². The monoisotopic (exact) mass is 494 g/mol. The fourth-order valence-electron chi connectivity index (χ4n) is 5.50. The summed E-state index contributed by atoms with van der Waals surface area (Å²) in [5.74, 6) is 0.651. The minimum atomic E-state index is -0.462. The molecule has 2 bridgehead atoms. The number of rotatable bonds is 5. The van der Waals surface area contributed by atoms with Crippen molar-refractivity contribution in [3.8, 4) is 11.5 Å². The zero-order valence-corrected chi connectivity index (χ0v) is 20.3. The Labute approximate surface area is 213 Å². The predicted molar refractivity (Wildman–Crippen MR) is 140 cm³/mol. The number of fused-ring (bicyclic) bond motifs is 3. The van der Waals surface area contributed by atoms with E-state index in [4.69, 9.17) is 4.74 Å². The van der Waals surface area contributed by atoms with Crippen LogP contribution < -0.4 is 15.6 Å². The quantitative estimate of drug-likeness (QED) is 0.420. The number of ether oxygens (including phenoxy) is 1. The zero-order chi connectivity index (χ0) is 25.5. The van der Waals surface area contributed by atoms with Gasteiger partial charge in [0.1, 0.15) is 22.7 Å². The summed E-state index contributed by atoms with van der Waals surface area (Å²) in [5.41, 5.74) is 1.90. The van der Waals surface area contributed by atoms with Crippen LogP contribution in [0.4, 0.5) is 5.69 Å². The zero-order valence-electron chi connectivity index (χ0n) is 20.3. The molecule has 2 aromatic heterocycles. The van der Waals surface area contributed by atoms with Gasteiger partial charge in [0.15, 0.2) is 0 Å². The number of carbonyl (C=O) groups is 2. The Morgan fingerprint density at radius 3 is 2.51 bits per heavy atom. The number of benzene rings is 2. The normalized spacial score (nSPS) is 20.2. The van der Waals surface area contributed by atoms with Crippen molar-refractivity contribution >= 4 is 28.5 Å². The average Bonchev–Trinajstić information content (AvgIpc) is 3.49. The van der Waals surface area contributed by atoms with Crippen molar-refractivity contribution in [1.29, 1.82) is 0 Å². The number of aromatic amines is 1. The minimum absolute atomic E-state index is 0.0532. The highest BCUT2D eigenvalue weighted by Gasteiger charge is 2.51. The molecule has 8 nitrogen and oxygen atoms in total. The summed E-state index contributed by atoms with van der Waals surface area (Å²) in [4.78, 5) is 47.9. The Balaban J connectivity index is 1.14. The van der Waals surface area contributed by atoms with E-state index in [1.807, 2.05) is 43.3 Å².